The molecular weight excluding hydrogens is 362 g/mol. The van der Waals surface area contributed by atoms with E-state index in [0.29, 0.717) is 32.8 Å². The number of carbonyl (C=O) groups is 2. The highest BCUT2D eigenvalue weighted by atomic mass is 32.1. The molecule has 1 aromatic carbocycles. The van der Waals surface area contributed by atoms with Crippen LogP contribution >= 0.6 is 11.3 Å². The fourth-order valence-corrected chi connectivity index (χ4v) is 4.50. The molecule has 0 radical (unpaired) electrons. The minimum atomic E-state index is -0.331. The van der Waals surface area contributed by atoms with Crippen molar-refractivity contribution < 1.29 is 14.3 Å². The van der Waals surface area contributed by atoms with Crippen molar-refractivity contribution in [1.82, 2.24) is 14.8 Å². The molecule has 2 fully saturated rings. The normalized spacial score (nSPS) is 20.1. The molecule has 1 aromatic heterocycles. The van der Waals surface area contributed by atoms with E-state index >= 15 is 0 Å². The molecule has 3 heterocycles. The van der Waals surface area contributed by atoms with Gasteiger partial charge in [-0.25, -0.2) is 4.98 Å². The maximum atomic E-state index is 12.9. The van der Waals surface area contributed by atoms with Crippen molar-refractivity contribution in [2.75, 3.05) is 32.8 Å². The molecular formula is C20H23N3O3S. The zero-order valence-electron chi connectivity index (χ0n) is 15.2. The summed E-state index contributed by atoms with van der Waals surface area (Å²) in [6.07, 6.45) is 1.86. The predicted molar refractivity (Wildman–Crippen MR) is 103 cm³/mol. The van der Waals surface area contributed by atoms with Gasteiger partial charge in [-0.15, -0.1) is 11.3 Å². The lowest BCUT2D eigenvalue weighted by Gasteiger charge is -2.32. The highest BCUT2D eigenvalue weighted by Crippen LogP contribution is 2.25. The molecule has 0 saturated carbocycles. The minimum absolute atomic E-state index is 0.0102. The molecule has 2 aromatic rings. The first-order valence-corrected chi connectivity index (χ1v) is 10.3. The van der Waals surface area contributed by atoms with Crippen LogP contribution in [0.1, 0.15) is 18.5 Å². The summed E-state index contributed by atoms with van der Waals surface area (Å²) in [5, 5.41) is 2.86. The van der Waals surface area contributed by atoms with Crippen LogP contribution in [0.4, 0.5) is 0 Å². The Balaban J connectivity index is 1.41. The number of hydrogen-bond acceptors (Lipinski definition) is 5. The van der Waals surface area contributed by atoms with E-state index in [0.717, 1.165) is 29.1 Å². The molecule has 27 heavy (non-hydrogen) atoms. The third-order valence-corrected chi connectivity index (χ3v) is 6.03. The van der Waals surface area contributed by atoms with E-state index in [4.69, 9.17) is 4.74 Å². The summed E-state index contributed by atoms with van der Waals surface area (Å²) in [5.74, 6) is 0.0522. The van der Waals surface area contributed by atoms with Crippen LogP contribution in [0.2, 0.25) is 0 Å². The highest BCUT2D eigenvalue weighted by molar-refractivity contribution is 7.13. The van der Waals surface area contributed by atoms with Gasteiger partial charge in [0.1, 0.15) is 11.0 Å². The molecule has 0 bridgehead atoms. The maximum Gasteiger partial charge on any atom is 0.245 e. The summed E-state index contributed by atoms with van der Waals surface area (Å²) in [6, 6.07) is 9.63. The molecule has 2 saturated heterocycles. The van der Waals surface area contributed by atoms with E-state index in [1.165, 1.54) is 0 Å². The molecule has 0 unspecified atom stereocenters. The molecule has 0 N–H and O–H groups in total. The lowest BCUT2D eigenvalue weighted by molar-refractivity contribution is -0.146. The van der Waals surface area contributed by atoms with Crippen LogP contribution in [0.3, 0.4) is 0 Å². The third kappa shape index (κ3) is 4.04. The Labute approximate surface area is 162 Å². The number of benzene rings is 1. The van der Waals surface area contributed by atoms with Gasteiger partial charge in [-0.05, 0) is 12.8 Å². The zero-order valence-corrected chi connectivity index (χ0v) is 16.0. The first kappa shape index (κ1) is 18.1. The summed E-state index contributed by atoms with van der Waals surface area (Å²) in [4.78, 5) is 33.9. The number of hydrogen-bond donors (Lipinski definition) is 0. The van der Waals surface area contributed by atoms with Crippen LogP contribution < -0.4 is 0 Å². The molecule has 2 aliphatic rings. The van der Waals surface area contributed by atoms with Crippen LogP contribution in [0.25, 0.3) is 10.6 Å². The standard InChI is InChI=1S/C20H23N3O3S/c24-18(13-16-14-27-19(21-16)15-5-2-1-3-6-15)23-8-4-7-17(23)20(25)22-9-11-26-12-10-22/h1-3,5-6,14,17H,4,7-13H2/t17-/m0/s1. The Bertz CT molecular complexity index is 802. The Kier molecular flexibility index (Phi) is 5.50. The van der Waals surface area contributed by atoms with E-state index in [1.54, 1.807) is 16.2 Å². The number of amides is 2. The number of aromatic nitrogens is 1. The first-order chi connectivity index (χ1) is 13.2. The lowest BCUT2D eigenvalue weighted by atomic mass is 10.1. The second-order valence-corrected chi connectivity index (χ2v) is 7.73. The van der Waals surface area contributed by atoms with Crippen LogP contribution in [0, 0.1) is 0 Å². The average molecular weight is 385 g/mol. The Morgan fingerprint density at radius 2 is 1.93 bits per heavy atom. The van der Waals surface area contributed by atoms with Gasteiger partial charge in [-0.2, -0.15) is 0 Å². The third-order valence-electron chi connectivity index (χ3n) is 5.09. The molecule has 4 rings (SSSR count). The van der Waals surface area contributed by atoms with Crippen molar-refractivity contribution in [2.24, 2.45) is 0 Å². The summed E-state index contributed by atoms with van der Waals surface area (Å²) in [7, 11) is 0. The van der Waals surface area contributed by atoms with Gasteiger partial charge in [0.25, 0.3) is 0 Å². The van der Waals surface area contributed by atoms with E-state index in [9.17, 15) is 9.59 Å². The van der Waals surface area contributed by atoms with E-state index in [2.05, 4.69) is 4.98 Å². The van der Waals surface area contributed by atoms with Crippen LogP contribution in [0.15, 0.2) is 35.7 Å². The molecule has 2 amide bonds. The largest absolute Gasteiger partial charge is 0.378 e. The van der Waals surface area contributed by atoms with Gasteiger partial charge in [0, 0.05) is 30.6 Å². The van der Waals surface area contributed by atoms with E-state index < -0.39 is 0 Å². The van der Waals surface area contributed by atoms with Crippen LogP contribution in [0.5, 0.6) is 0 Å². The van der Waals surface area contributed by atoms with Gasteiger partial charge < -0.3 is 14.5 Å². The van der Waals surface area contributed by atoms with Crippen LogP contribution in [-0.4, -0.2) is 65.5 Å². The maximum absolute atomic E-state index is 12.9. The van der Waals surface area contributed by atoms with Gasteiger partial charge in [0.15, 0.2) is 0 Å². The Morgan fingerprint density at radius 1 is 1.15 bits per heavy atom. The van der Waals surface area contributed by atoms with Crippen molar-refractivity contribution in [1.29, 1.82) is 0 Å². The molecule has 2 aliphatic heterocycles. The second kappa shape index (κ2) is 8.19. The lowest BCUT2D eigenvalue weighted by Crippen LogP contribution is -2.51. The van der Waals surface area contributed by atoms with E-state index in [-0.39, 0.29) is 24.3 Å². The number of nitrogens with zero attached hydrogens (tertiary/aromatic N) is 3. The fourth-order valence-electron chi connectivity index (χ4n) is 3.67. The zero-order chi connectivity index (χ0) is 18.6. The van der Waals surface area contributed by atoms with Gasteiger partial charge >= 0.3 is 0 Å². The summed E-state index contributed by atoms with van der Waals surface area (Å²) < 4.78 is 5.32. The van der Waals surface area contributed by atoms with Crippen molar-refractivity contribution in [3.8, 4) is 10.6 Å². The Morgan fingerprint density at radius 3 is 2.70 bits per heavy atom. The van der Waals surface area contributed by atoms with Gasteiger partial charge in [0.05, 0.1) is 25.3 Å². The number of carbonyl (C=O) groups excluding carboxylic acids is 2. The van der Waals surface area contributed by atoms with Gasteiger partial charge in [0.2, 0.25) is 11.8 Å². The van der Waals surface area contributed by atoms with Crippen molar-refractivity contribution in [3.05, 3.63) is 41.4 Å². The number of thiazole rings is 1. The summed E-state index contributed by atoms with van der Waals surface area (Å²) in [6.45, 7) is 3.03. The average Bonchev–Trinajstić information content (AvgIpc) is 3.38. The Hall–Kier alpha value is -2.25. The SMILES string of the molecule is O=C([C@@H]1CCCN1C(=O)Cc1csc(-c2ccccc2)n1)N1CCOCC1. The summed E-state index contributed by atoms with van der Waals surface area (Å²) in [5.41, 5.74) is 1.83. The quantitative estimate of drug-likeness (QED) is 0.810. The van der Waals surface area contributed by atoms with Crippen LogP contribution in [-0.2, 0) is 20.7 Å². The number of rotatable bonds is 4. The smallest absolute Gasteiger partial charge is 0.245 e. The molecule has 6 nitrogen and oxygen atoms in total. The molecule has 1 atom stereocenters. The predicted octanol–water partition coefficient (Wildman–Crippen LogP) is 2.20. The number of morpholine rings is 1. The van der Waals surface area contributed by atoms with Gasteiger partial charge in [-0.3, -0.25) is 9.59 Å². The minimum Gasteiger partial charge on any atom is -0.378 e. The molecule has 7 heteroatoms. The number of likely N-dealkylation sites (tertiary alicyclic amines) is 1. The fraction of sp³-hybridized carbons (Fsp3) is 0.450. The topological polar surface area (TPSA) is 62.7 Å². The monoisotopic (exact) mass is 385 g/mol. The second-order valence-electron chi connectivity index (χ2n) is 6.87. The first-order valence-electron chi connectivity index (χ1n) is 9.38. The van der Waals surface area contributed by atoms with Gasteiger partial charge in [-0.1, -0.05) is 30.3 Å². The molecule has 142 valence electrons. The van der Waals surface area contributed by atoms with E-state index in [1.807, 2.05) is 40.6 Å². The van der Waals surface area contributed by atoms with Crippen molar-refractivity contribution in [3.63, 3.8) is 0 Å². The summed E-state index contributed by atoms with van der Waals surface area (Å²) >= 11 is 1.55. The molecule has 0 aliphatic carbocycles. The number of ether oxygens (including phenoxy) is 1. The highest BCUT2D eigenvalue weighted by Gasteiger charge is 2.36. The van der Waals surface area contributed by atoms with Crippen molar-refractivity contribution >= 4 is 23.2 Å². The molecule has 0 spiro atoms. The van der Waals surface area contributed by atoms with Crippen molar-refractivity contribution in [2.45, 2.75) is 25.3 Å².